The van der Waals surface area contributed by atoms with Crippen LogP contribution in [0, 0.1) is 0 Å². The van der Waals surface area contributed by atoms with Crippen molar-refractivity contribution < 1.29 is 4.79 Å². The van der Waals surface area contributed by atoms with Gasteiger partial charge in [0.1, 0.15) is 0 Å². The lowest BCUT2D eigenvalue weighted by molar-refractivity contribution is 0.108. The third-order valence-electron chi connectivity index (χ3n) is 1.43. The zero-order chi connectivity index (χ0) is 9.14. The summed E-state index contributed by atoms with van der Waals surface area (Å²) in [5, 5.41) is -0.223. The van der Waals surface area contributed by atoms with E-state index in [0.717, 1.165) is 0 Å². The van der Waals surface area contributed by atoms with Crippen molar-refractivity contribution >= 4 is 40.0 Å². The van der Waals surface area contributed by atoms with Crippen LogP contribution >= 0.6 is 34.8 Å². The Labute approximate surface area is 85.2 Å². The largest absolute Gasteiger partial charge is 0.276 e. The highest BCUT2D eigenvalue weighted by atomic mass is 35.5. The number of benzene rings is 1. The molecule has 0 spiro atoms. The minimum Gasteiger partial charge on any atom is -0.276 e. The zero-order valence-corrected chi connectivity index (χ0v) is 8.25. The van der Waals surface area contributed by atoms with E-state index in [4.69, 9.17) is 34.8 Å². The van der Waals surface area contributed by atoms with Crippen molar-refractivity contribution in [3.05, 3.63) is 34.3 Å². The summed E-state index contributed by atoms with van der Waals surface area (Å²) in [5.74, 6) is 0.275. The first-order valence-corrected chi connectivity index (χ1v) is 4.49. The first-order chi connectivity index (χ1) is 5.66. The average Bonchev–Trinajstić information content (AvgIpc) is 2.04. The lowest BCUT2D eigenvalue weighted by Crippen LogP contribution is -1.92. The summed E-state index contributed by atoms with van der Waals surface area (Å²) in [5.41, 5.74) is 1.02. The van der Waals surface area contributed by atoms with Crippen LogP contribution in [0.3, 0.4) is 0 Å². The van der Waals surface area contributed by atoms with E-state index in [-0.39, 0.29) is 5.88 Å². The lowest BCUT2D eigenvalue weighted by Gasteiger charge is -2.02. The monoisotopic (exact) mass is 222 g/mol. The molecule has 0 saturated heterocycles. The molecule has 4 heteroatoms. The van der Waals surface area contributed by atoms with Gasteiger partial charge < -0.3 is 0 Å². The van der Waals surface area contributed by atoms with Crippen molar-refractivity contribution in [1.29, 1.82) is 0 Å². The van der Waals surface area contributed by atoms with E-state index in [1.165, 1.54) is 0 Å². The Morgan fingerprint density at radius 1 is 1.42 bits per heavy atom. The number of alkyl halides is 1. The highest BCUT2D eigenvalue weighted by Crippen LogP contribution is 2.23. The Balaban J connectivity index is 3.23. The molecule has 0 atom stereocenters. The standard InChI is InChI=1S/C8H5Cl3O/c9-4-5-2-1-3-6(7(5)10)8(11)12/h1-3H,4H2. The number of carbonyl (C=O) groups is 1. The number of hydrogen-bond acceptors (Lipinski definition) is 1. The van der Waals surface area contributed by atoms with E-state index in [1.807, 2.05) is 0 Å². The number of rotatable bonds is 2. The molecule has 0 bridgehead atoms. The Kier molecular flexibility index (Phi) is 3.39. The summed E-state index contributed by atoms with van der Waals surface area (Å²) < 4.78 is 0. The van der Waals surface area contributed by atoms with E-state index < -0.39 is 5.24 Å². The first-order valence-electron chi connectivity index (χ1n) is 3.20. The van der Waals surface area contributed by atoms with Crippen LogP contribution in [-0.4, -0.2) is 5.24 Å². The maximum Gasteiger partial charge on any atom is 0.253 e. The third kappa shape index (κ3) is 1.92. The van der Waals surface area contributed by atoms with Crippen molar-refractivity contribution in [3.63, 3.8) is 0 Å². The molecule has 64 valence electrons. The molecule has 0 aromatic heterocycles. The van der Waals surface area contributed by atoms with Crippen LogP contribution in [0.5, 0.6) is 0 Å². The van der Waals surface area contributed by atoms with E-state index in [9.17, 15) is 4.79 Å². The smallest absolute Gasteiger partial charge is 0.253 e. The summed E-state index contributed by atoms with van der Waals surface area (Å²) in [7, 11) is 0. The summed E-state index contributed by atoms with van der Waals surface area (Å²) in [6, 6.07) is 5.01. The van der Waals surface area contributed by atoms with Crippen LogP contribution in [0.4, 0.5) is 0 Å². The van der Waals surface area contributed by atoms with Gasteiger partial charge in [0, 0.05) is 5.88 Å². The van der Waals surface area contributed by atoms with Gasteiger partial charge in [0.05, 0.1) is 10.6 Å². The number of halogens is 3. The Morgan fingerprint density at radius 2 is 2.08 bits per heavy atom. The Morgan fingerprint density at radius 3 is 2.58 bits per heavy atom. The highest BCUT2D eigenvalue weighted by Gasteiger charge is 2.09. The molecule has 0 aliphatic rings. The van der Waals surface area contributed by atoms with Gasteiger partial charge in [-0.1, -0.05) is 23.7 Å². The summed E-state index contributed by atoms with van der Waals surface area (Å²) in [6.45, 7) is 0. The van der Waals surface area contributed by atoms with Crippen LogP contribution in [0.1, 0.15) is 15.9 Å². The lowest BCUT2D eigenvalue weighted by atomic mass is 10.1. The van der Waals surface area contributed by atoms with Crippen molar-refractivity contribution in [2.45, 2.75) is 5.88 Å². The molecule has 1 aromatic carbocycles. The summed E-state index contributed by atoms with van der Waals surface area (Å²) in [4.78, 5) is 10.8. The number of hydrogen-bond donors (Lipinski definition) is 0. The van der Waals surface area contributed by atoms with Crippen LogP contribution in [0.25, 0.3) is 0 Å². The molecular weight excluding hydrogens is 218 g/mol. The molecule has 0 unspecified atom stereocenters. The van der Waals surface area contributed by atoms with Crippen molar-refractivity contribution in [2.24, 2.45) is 0 Å². The molecule has 0 aliphatic heterocycles. The topological polar surface area (TPSA) is 17.1 Å². The molecular formula is C8H5Cl3O. The Bertz CT molecular complexity index is 309. The second-order valence-corrected chi connectivity index (χ2v) is 3.17. The van der Waals surface area contributed by atoms with E-state index >= 15 is 0 Å². The maximum absolute atomic E-state index is 10.8. The molecule has 0 amide bonds. The van der Waals surface area contributed by atoms with Gasteiger partial charge in [0.15, 0.2) is 0 Å². The summed E-state index contributed by atoms with van der Waals surface area (Å²) in [6.07, 6.45) is 0. The highest BCUT2D eigenvalue weighted by molar-refractivity contribution is 6.68. The van der Waals surface area contributed by atoms with Crippen LogP contribution in [0.15, 0.2) is 18.2 Å². The van der Waals surface area contributed by atoms with Gasteiger partial charge >= 0.3 is 0 Å². The van der Waals surface area contributed by atoms with Crippen molar-refractivity contribution in [1.82, 2.24) is 0 Å². The molecule has 1 aromatic rings. The van der Waals surface area contributed by atoms with Crippen molar-refractivity contribution in [2.75, 3.05) is 0 Å². The van der Waals surface area contributed by atoms with Crippen LogP contribution in [-0.2, 0) is 5.88 Å². The molecule has 12 heavy (non-hydrogen) atoms. The van der Waals surface area contributed by atoms with E-state index in [2.05, 4.69) is 0 Å². The van der Waals surface area contributed by atoms with E-state index in [1.54, 1.807) is 18.2 Å². The Hall–Kier alpha value is -0.240. The van der Waals surface area contributed by atoms with Gasteiger partial charge in [0.25, 0.3) is 5.24 Å². The van der Waals surface area contributed by atoms with Crippen LogP contribution < -0.4 is 0 Å². The molecule has 0 aliphatic carbocycles. The van der Waals surface area contributed by atoms with Gasteiger partial charge in [0.2, 0.25) is 0 Å². The fourth-order valence-electron chi connectivity index (χ4n) is 0.835. The predicted molar refractivity (Wildman–Crippen MR) is 51.2 cm³/mol. The molecule has 0 saturated carbocycles. The van der Waals surface area contributed by atoms with Gasteiger partial charge in [-0.3, -0.25) is 4.79 Å². The normalized spacial score (nSPS) is 9.92. The molecule has 0 radical (unpaired) electrons. The van der Waals surface area contributed by atoms with Gasteiger partial charge in [-0.05, 0) is 23.2 Å². The minimum absolute atomic E-state index is 0.275. The zero-order valence-electron chi connectivity index (χ0n) is 5.98. The molecule has 0 N–H and O–H groups in total. The first kappa shape index (κ1) is 9.85. The minimum atomic E-state index is -0.563. The fourth-order valence-corrected chi connectivity index (χ4v) is 1.61. The number of carbonyl (C=O) groups excluding carboxylic acids is 1. The van der Waals surface area contributed by atoms with Gasteiger partial charge in [-0.25, -0.2) is 0 Å². The van der Waals surface area contributed by atoms with Crippen molar-refractivity contribution in [3.8, 4) is 0 Å². The second-order valence-electron chi connectivity index (χ2n) is 2.19. The van der Waals surface area contributed by atoms with Crippen LogP contribution in [0.2, 0.25) is 5.02 Å². The third-order valence-corrected chi connectivity index (χ3v) is 2.37. The molecule has 0 heterocycles. The average molecular weight is 223 g/mol. The molecule has 1 nitrogen and oxygen atoms in total. The van der Waals surface area contributed by atoms with Gasteiger partial charge in [-0.15, -0.1) is 11.6 Å². The summed E-state index contributed by atoms with van der Waals surface area (Å²) >= 11 is 16.7. The molecule has 1 rings (SSSR count). The SMILES string of the molecule is O=C(Cl)c1cccc(CCl)c1Cl. The van der Waals surface area contributed by atoms with Gasteiger partial charge in [-0.2, -0.15) is 0 Å². The second kappa shape index (κ2) is 4.13. The maximum atomic E-state index is 10.8. The molecule has 0 fully saturated rings. The quantitative estimate of drug-likeness (QED) is 0.554. The predicted octanol–water partition coefficient (Wildman–Crippen LogP) is 3.46. The fraction of sp³-hybridized carbons (Fsp3) is 0.125. The van der Waals surface area contributed by atoms with E-state index in [0.29, 0.717) is 16.1 Å².